The molecule has 0 radical (unpaired) electrons. The number of aromatic nitrogens is 2. The minimum Gasteiger partial charge on any atom is -0.477 e. The lowest BCUT2D eigenvalue weighted by Crippen LogP contribution is -2.11. The third kappa shape index (κ3) is 7.38. The zero-order valence-electron chi connectivity index (χ0n) is 20.8. The van der Waals surface area contributed by atoms with Gasteiger partial charge in [-0.2, -0.15) is 10.2 Å². The van der Waals surface area contributed by atoms with E-state index in [1.165, 1.54) is 0 Å². The number of nitrogens with zero attached hydrogens (tertiary/aromatic N) is 3. The SMILES string of the molecule is CCCCc1nc(C)nc(OCCCC(=O)OCC)c1Cc1ccc(-c2ccccc2C#N)cc1. The predicted octanol–water partition coefficient (Wildman–Crippen LogP) is 5.98. The molecular formula is C29H33N3O3. The van der Waals surface area contributed by atoms with Crippen molar-refractivity contribution in [1.82, 2.24) is 9.97 Å². The van der Waals surface area contributed by atoms with Crippen molar-refractivity contribution in [2.45, 2.75) is 59.3 Å². The van der Waals surface area contributed by atoms with Gasteiger partial charge < -0.3 is 9.47 Å². The minimum absolute atomic E-state index is 0.211. The number of carbonyl (C=O) groups excluding carboxylic acids is 1. The second-order valence-electron chi connectivity index (χ2n) is 8.39. The van der Waals surface area contributed by atoms with Crippen molar-refractivity contribution in [3.63, 3.8) is 0 Å². The summed E-state index contributed by atoms with van der Waals surface area (Å²) in [5, 5.41) is 9.43. The van der Waals surface area contributed by atoms with E-state index in [1.807, 2.05) is 43.3 Å². The molecule has 182 valence electrons. The number of hydrogen-bond donors (Lipinski definition) is 0. The molecule has 1 heterocycles. The summed E-state index contributed by atoms with van der Waals surface area (Å²) < 4.78 is 11.1. The molecule has 0 amide bonds. The van der Waals surface area contributed by atoms with Crippen LogP contribution in [0.1, 0.15) is 67.7 Å². The first-order valence-corrected chi connectivity index (χ1v) is 12.3. The standard InChI is InChI=1S/C29H33N3O3/c1-4-6-12-27-26(29(32-21(3)31-27)35-18-9-13-28(33)34-5-2)19-22-14-16-23(17-15-22)25-11-8-7-10-24(25)20-30/h7-8,10-11,14-17H,4-6,9,12-13,18-19H2,1-3H3. The molecule has 0 aliphatic heterocycles. The average Bonchev–Trinajstić information content (AvgIpc) is 2.87. The zero-order valence-corrected chi connectivity index (χ0v) is 20.8. The van der Waals surface area contributed by atoms with Crippen molar-refractivity contribution in [3.05, 3.63) is 76.7 Å². The summed E-state index contributed by atoms with van der Waals surface area (Å²) >= 11 is 0. The van der Waals surface area contributed by atoms with Crippen LogP contribution >= 0.6 is 0 Å². The molecule has 0 bridgehead atoms. The van der Waals surface area contributed by atoms with Gasteiger partial charge >= 0.3 is 5.97 Å². The van der Waals surface area contributed by atoms with E-state index in [0.717, 1.165) is 47.2 Å². The molecule has 0 atom stereocenters. The highest BCUT2D eigenvalue weighted by Gasteiger charge is 2.16. The van der Waals surface area contributed by atoms with E-state index >= 15 is 0 Å². The highest BCUT2D eigenvalue weighted by molar-refractivity contribution is 5.70. The molecule has 0 aliphatic rings. The summed E-state index contributed by atoms with van der Waals surface area (Å²) in [6.07, 6.45) is 4.51. The van der Waals surface area contributed by atoms with E-state index < -0.39 is 0 Å². The Bertz CT molecular complexity index is 1170. The van der Waals surface area contributed by atoms with E-state index in [-0.39, 0.29) is 5.97 Å². The number of carbonyl (C=O) groups is 1. The molecule has 0 aliphatic carbocycles. The summed E-state index contributed by atoms with van der Waals surface area (Å²) in [5.41, 5.74) is 5.71. The number of hydrogen-bond acceptors (Lipinski definition) is 6. The van der Waals surface area contributed by atoms with Crippen LogP contribution < -0.4 is 4.74 Å². The Hall–Kier alpha value is -3.72. The Balaban J connectivity index is 1.82. The first kappa shape index (κ1) is 25.9. The fourth-order valence-corrected chi connectivity index (χ4v) is 3.93. The Morgan fingerprint density at radius 3 is 2.51 bits per heavy atom. The van der Waals surface area contributed by atoms with Crippen molar-refractivity contribution in [2.24, 2.45) is 0 Å². The number of nitriles is 1. The zero-order chi connectivity index (χ0) is 25.0. The van der Waals surface area contributed by atoms with E-state index in [9.17, 15) is 10.1 Å². The van der Waals surface area contributed by atoms with Crippen LogP contribution in [0.2, 0.25) is 0 Å². The molecule has 0 saturated carbocycles. The van der Waals surface area contributed by atoms with Crippen LogP contribution in [0.4, 0.5) is 0 Å². The number of ether oxygens (including phenoxy) is 2. The van der Waals surface area contributed by atoms with Gasteiger partial charge in [-0.1, -0.05) is 55.8 Å². The number of unbranched alkanes of at least 4 members (excludes halogenated alkanes) is 1. The first-order valence-electron chi connectivity index (χ1n) is 12.3. The molecule has 1 aromatic heterocycles. The molecule has 35 heavy (non-hydrogen) atoms. The van der Waals surface area contributed by atoms with Gasteiger partial charge in [-0.15, -0.1) is 0 Å². The van der Waals surface area contributed by atoms with Crippen molar-refractivity contribution < 1.29 is 14.3 Å². The van der Waals surface area contributed by atoms with Crippen molar-refractivity contribution in [1.29, 1.82) is 5.26 Å². The molecule has 6 heteroatoms. The quantitative estimate of drug-likeness (QED) is 0.239. The molecular weight excluding hydrogens is 438 g/mol. The highest BCUT2D eigenvalue weighted by Crippen LogP contribution is 2.27. The maximum atomic E-state index is 11.6. The molecule has 0 N–H and O–H groups in total. The van der Waals surface area contributed by atoms with Gasteiger partial charge in [0.1, 0.15) is 5.82 Å². The smallest absolute Gasteiger partial charge is 0.305 e. The molecule has 3 aromatic rings. The second kappa shape index (κ2) is 13.2. The Morgan fingerprint density at radius 2 is 1.80 bits per heavy atom. The molecule has 0 unspecified atom stereocenters. The van der Waals surface area contributed by atoms with Crippen LogP contribution in [0.25, 0.3) is 11.1 Å². The van der Waals surface area contributed by atoms with Gasteiger partial charge in [0, 0.05) is 18.4 Å². The van der Waals surface area contributed by atoms with Gasteiger partial charge in [-0.25, -0.2) is 4.98 Å². The molecule has 3 rings (SSSR count). The molecule has 2 aromatic carbocycles. The maximum Gasteiger partial charge on any atom is 0.305 e. The fraction of sp³-hybridized carbons (Fsp3) is 0.379. The summed E-state index contributed by atoms with van der Waals surface area (Å²) in [5.74, 6) is 1.06. The summed E-state index contributed by atoms with van der Waals surface area (Å²) in [6, 6.07) is 18.1. The lowest BCUT2D eigenvalue weighted by atomic mass is 9.96. The minimum atomic E-state index is -0.211. The Labute approximate surface area is 208 Å². The van der Waals surface area contributed by atoms with Crippen molar-refractivity contribution in [2.75, 3.05) is 13.2 Å². The number of benzene rings is 2. The Kier molecular flexibility index (Phi) is 9.80. The normalized spacial score (nSPS) is 10.6. The maximum absolute atomic E-state index is 11.6. The van der Waals surface area contributed by atoms with Gasteiger partial charge in [0.15, 0.2) is 0 Å². The molecule has 0 fully saturated rings. The van der Waals surface area contributed by atoms with Gasteiger partial charge in [0.2, 0.25) is 5.88 Å². The Morgan fingerprint density at radius 1 is 1.03 bits per heavy atom. The van der Waals surface area contributed by atoms with Gasteiger partial charge in [-0.05, 0) is 55.9 Å². The fourth-order valence-electron chi connectivity index (χ4n) is 3.93. The third-order valence-electron chi connectivity index (χ3n) is 5.70. The highest BCUT2D eigenvalue weighted by atomic mass is 16.5. The van der Waals surface area contributed by atoms with Crippen LogP contribution in [0.5, 0.6) is 5.88 Å². The molecule has 0 spiro atoms. The predicted molar refractivity (Wildman–Crippen MR) is 136 cm³/mol. The first-order chi connectivity index (χ1) is 17.0. The largest absolute Gasteiger partial charge is 0.477 e. The average molecular weight is 472 g/mol. The lowest BCUT2D eigenvalue weighted by Gasteiger charge is -2.16. The van der Waals surface area contributed by atoms with Crippen LogP contribution in [0.15, 0.2) is 48.5 Å². The second-order valence-corrected chi connectivity index (χ2v) is 8.39. The molecule has 0 saturated heterocycles. The van der Waals surface area contributed by atoms with E-state index in [1.54, 1.807) is 6.92 Å². The third-order valence-corrected chi connectivity index (χ3v) is 5.70. The van der Waals surface area contributed by atoms with E-state index in [0.29, 0.717) is 49.7 Å². The van der Waals surface area contributed by atoms with Gasteiger partial charge in [0.05, 0.1) is 30.5 Å². The van der Waals surface area contributed by atoms with Gasteiger partial charge in [0.25, 0.3) is 0 Å². The summed E-state index contributed by atoms with van der Waals surface area (Å²) in [6.45, 7) is 6.62. The van der Waals surface area contributed by atoms with Crippen molar-refractivity contribution in [3.8, 4) is 23.1 Å². The lowest BCUT2D eigenvalue weighted by molar-refractivity contribution is -0.143. The van der Waals surface area contributed by atoms with Gasteiger partial charge in [-0.3, -0.25) is 4.79 Å². The van der Waals surface area contributed by atoms with Crippen LogP contribution in [0.3, 0.4) is 0 Å². The van der Waals surface area contributed by atoms with Crippen LogP contribution in [-0.4, -0.2) is 29.2 Å². The topological polar surface area (TPSA) is 85.1 Å². The van der Waals surface area contributed by atoms with Crippen molar-refractivity contribution >= 4 is 5.97 Å². The molecule has 6 nitrogen and oxygen atoms in total. The van der Waals surface area contributed by atoms with E-state index in [2.05, 4.69) is 30.1 Å². The van der Waals surface area contributed by atoms with E-state index in [4.69, 9.17) is 14.5 Å². The summed E-state index contributed by atoms with van der Waals surface area (Å²) in [7, 11) is 0. The number of rotatable bonds is 12. The van der Waals surface area contributed by atoms with Crippen LogP contribution in [0, 0.1) is 18.3 Å². The number of esters is 1. The summed E-state index contributed by atoms with van der Waals surface area (Å²) in [4.78, 5) is 21.0. The number of aryl methyl sites for hydroxylation is 2. The van der Waals surface area contributed by atoms with Crippen LogP contribution in [-0.2, 0) is 22.4 Å². The monoisotopic (exact) mass is 471 g/mol.